The Kier molecular flexibility index (Phi) is 4.33. The van der Waals surface area contributed by atoms with Crippen LogP contribution in [0.3, 0.4) is 0 Å². The Hall–Kier alpha value is -0.540. The minimum atomic E-state index is 0.622. The van der Waals surface area contributed by atoms with Gasteiger partial charge < -0.3 is 4.74 Å². The molecule has 0 spiro atoms. The van der Waals surface area contributed by atoms with E-state index in [1.54, 1.807) is 0 Å². The third kappa shape index (κ3) is 2.57. The molecule has 0 saturated carbocycles. The first kappa shape index (κ1) is 13.9. The van der Waals surface area contributed by atoms with Gasteiger partial charge >= 0.3 is 0 Å². The van der Waals surface area contributed by atoms with E-state index < -0.39 is 0 Å². The quantitative estimate of drug-likeness (QED) is 0.703. The topological polar surface area (TPSA) is 9.23 Å². The minimum Gasteiger partial charge on any atom is -0.493 e. The van der Waals surface area contributed by atoms with Crippen molar-refractivity contribution in [2.75, 3.05) is 6.61 Å². The Morgan fingerprint density at radius 3 is 2.22 bits per heavy atom. The SMILES string of the molecule is CCOc1c(C)cc(C2=C(C)C(C)SS2)cc1C. The lowest BCUT2D eigenvalue weighted by molar-refractivity contribution is 0.335. The molecule has 2 rings (SSSR count). The predicted octanol–water partition coefficient (Wildman–Crippen LogP) is 5.22. The summed E-state index contributed by atoms with van der Waals surface area (Å²) in [6.07, 6.45) is 0. The van der Waals surface area contributed by atoms with Gasteiger partial charge in [0.2, 0.25) is 0 Å². The van der Waals surface area contributed by atoms with Gasteiger partial charge in [-0.2, -0.15) is 0 Å². The van der Waals surface area contributed by atoms with Crippen molar-refractivity contribution >= 4 is 26.5 Å². The summed E-state index contributed by atoms with van der Waals surface area (Å²) < 4.78 is 5.70. The van der Waals surface area contributed by atoms with E-state index in [1.807, 2.05) is 28.5 Å². The molecule has 0 aliphatic carbocycles. The second kappa shape index (κ2) is 5.62. The van der Waals surface area contributed by atoms with Gasteiger partial charge in [-0.15, -0.1) is 0 Å². The standard InChI is InChI=1S/C15H20OS2/c1-6-16-14-9(2)7-13(8-10(14)3)15-11(4)12(5)17-18-15/h7-8,12H,6H2,1-5H3. The highest BCUT2D eigenvalue weighted by atomic mass is 33.1. The van der Waals surface area contributed by atoms with Crippen LogP contribution in [0.15, 0.2) is 17.7 Å². The molecule has 1 aromatic carbocycles. The number of hydrogen-bond donors (Lipinski definition) is 0. The summed E-state index contributed by atoms with van der Waals surface area (Å²) in [5.41, 5.74) is 5.30. The molecule has 1 aromatic rings. The van der Waals surface area contributed by atoms with Crippen molar-refractivity contribution in [2.45, 2.75) is 39.9 Å². The largest absolute Gasteiger partial charge is 0.493 e. The Morgan fingerprint density at radius 1 is 1.17 bits per heavy atom. The first-order chi connectivity index (χ1) is 8.54. The van der Waals surface area contributed by atoms with Gasteiger partial charge in [-0.1, -0.05) is 21.6 Å². The van der Waals surface area contributed by atoms with Crippen LogP contribution >= 0.6 is 21.6 Å². The minimum absolute atomic E-state index is 0.622. The van der Waals surface area contributed by atoms with E-state index in [2.05, 4.69) is 39.8 Å². The Labute approximate surface area is 118 Å². The lowest BCUT2D eigenvalue weighted by Gasteiger charge is -2.13. The third-order valence-corrected chi connectivity index (χ3v) is 6.37. The first-order valence-corrected chi connectivity index (χ1v) is 8.54. The van der Waals surface area contributed by atoms with E-state index in [4.69, 9.17) is 4.74 Å². The molecule has 0 N–H and O–H groups in total. The highest BCUT2D eigenvalue weighted by Crippen LogP contribution is 2.51. The number of hydrogen-bond acceptors (Lipinski definition) is 3. The smallest absolute Gasteiger partial charge is 0.125 e. The van der Waals surface area contributed by atoms with Crippen LogP contribution in [0.25, 0.3) is 4.91 Å². The Bertz CT molecular complexity index is 468. The van der Waals surface area contributed by atoms with E-state index in [0.717, 1.165) is 12.4 Å². The van der Waals surface area contributed by atoms with Crippen molar-refractivity contribution in [3.05, 3.63) is 34.4 Å². The summed E-state index contributed by atoms with van der Waals surface area (Å²) in [5.74, 6) is 1.04. The van der Waals surface area contributed by atoms with E-state index in [9.17, 15) is 0 Å². The molecular formula is C15H20OS2. The van der Waals surface area contributed by atoms with Crippen LogP contribution < -0.4 is 4.74 Å². The summed E-state index contributed by atoms with van der Waals surface area (Å²) in [6, 6.07) is 4.50. The van der Waals surface area contributed by atoms with E-state index in [0.29, 0.717) is 5.25 Å². The number of rotatable bonds is 3. The molecule has 0 aromatic heterocycles. The van der Waals surface area contributed by atoms with Gasteiger partial charge in [0.1, 0.15) is 5.75 Å². The number of benzene rings is 1. The van der Waals surface area contributed by atoms with Crippen molar-refractivity contribution in [3.8, 4) is 5.75 Å². The average molecular weight is 280 g/mol. The molecule has 0 amide bonds. The van der Waals surface area contributed by atoms with Crippen LogP contribution in [-0.2, 0) is 0 Å². The molecule has 1 atom stereocenters. The molecule has 3 heteroatoms. The maximum atomic E-state index is 5.70. The van der Waals surface area contributed by atoms with Gasteiger partial charge in [-0.25, -0.2) is 0 Å². The van der Waals surface area contributed by atoms with Gasteiger partial charge in [-0.05, 0) is 69.0 Å². The Balaban J connectivity index is 2.43. The summed E-state index contributed by atoms with van der Waals surface area (Å²) in [7, 11) is 3.85. The molecule has 0 radical (unpaired) electrons. The average Bonchev–Trinajstić information content (AvgIpc) is 2.65. The second-order valence-corrected chi connectivity index (χ2v) is 7.26. The molecule has 1 heterocycles. The van der Waals surface area contributed by atoms with Gasteiger partial charge in [0.05, 0.1) is 6.61 Å². The van der Waals surface area contributed by atoms with Crippen LogP contribution in [0, 0.1) is 13.8 Å². The molecular weight excluding hydrogens is 260 g/mol. The second-order valence-electron chi connectivity index (χ2n) is 4.71. The molecule has 0 fully saturated rings. The maximum Gasteiger partial charge on any atom is 0.125 e. The molecule has 1 unspecified atom stereocenters. The zero-order chi connectivity index (χ0) is 13.3. The molecule has 0 bridgehead atoms. The number of ether oxygens (including phenoxy) is 1. The van der Waals surface area contributed by atoms with Crippen molar-refractivity contribution < 1.29 is 4.74 Å². The van der Waals surface area contributed by atoms with Crippen LogP contribution in [0.2, 0.25) is 0 Å². The molecule has 1 nitrogen and oxygen atoms in total. The van der Waals surface area contributed by atoms with E-state index >= 15 is 0 Å². The van der Waals surface area contributed by atoms with Crippen LogP contribution in [-0.4, -0.2) is 11.9 Å². The maximum absolute atomic E-state index is 5.70. The van der Waals surface area contributed by atoms with E-state index in [-0.39, 0.29) is 0 Å². The number of aryl methyl sites for hydroxylation is 2. The van der Waals surface area contributed by atoms with Gasteiger partial charge in [0, 0.05) is 10.2 Å². The van der Waals surface area contributed by atoms with Gasteiger partial charge in [-0.3, -0.25) is 0 Å². The zero-order valence-corrected chi connectivity index (χ0v) is 13.3. The summed E-state index contributed by atoms with van der Waals surface area (Å²) in [6.45, 7) is 11.5. The highest BCUT2D eigenvalue weighted by Gasteiger charge is 2.22. The summed E-state index contributed by atoms with van der Waals surface area (Å²) in [4.78, 5) is 1.43. The lowest BCUT2D eigenvalue weighted by Crippen LogP contribution is -1.98. The monoisotopic (exact) mass is 280 g/mol. The van der Waals surface area contributed by atoms with Crippen molar-refractivity contribution in [3.63, 3.8) is 0 Å². The lowest BCUT2D eigenvalue weighted by atomic mass is 10.0. The van der Waals surface area contributed by atoms with Crippen molar-refractivity contribution in [2.24, 2.45) is 0 Å². The zero-order valence-electron chi connectivity index (χ0n) is 11.7. The molecule has 98 valence electrons. The third-order valence-electron chi connectivity index (χ3n) is 3.25. The fraction of sp³-hybridized carbons (Fsp3) is 0.467. The molecule has 1 aliphatic rings. The fourth-order valence-corrected chi connectivity index (χ4v) is 5.11. The van der Waals surface area contributed by atoms with Gasteiger partial charge in [0.15, 0.2) is 0 Å². The fourth-order valence-electron chi connectivity index (χ4n) is 2.17. The predicted molar refractivity (Wildman–Crippen MR) is 84.3 cm³/mol. The Morgan fingerprint density at radius 2 is 1.78 bits per heavy atom. The van der Waals surface area contributed by atoms with Crippen LogP contribution in [0.4, 0.5) is 0 Å². The summed E-state index contributed by atoms with van der Waals surface area (Å²) in [5, 5.41) is 0.622. The summed E-state index contributed by atoms with van der Waals surface area (Å²) >= 11 is 0. The van der Waals surface area contributed by atoms with Crippen LogP contribution in [0.5, 0.6) is 5.75 Å². The molecule has 1 aliphatic heterocycles. The normalized spacial score (nSPS) is 19.5. The first-order valence-electron chi connectivity index (χ1n) is 6.33. The van der Waals surface area contributed by atoms with E-state index in [1.165, 1.54) is 27.2 Å². The molecule has 0 saturated heterocycles. The van der Waals surface area contributed by atoms with Crippen molar-refractivity contribution in [1.82, 2.24) is 0 Å². The van der Waals surface area contributed by atoms with Gasteiger partial charge in [0.25, 0.3) is 0 Å². The van der Waals surface area contributed by atoms with Crippen LogP contribution in [0.1, 0.15) is 37.5 Å². The van der Waals surface area contributed by atoms with Crippen molar-refractivity contribution in [1.29, 1.82) is 0 Å². The molecule has 18 heavy (non-hydrogen) atoms. The highest BCUT2D eigenvalue weighted by molar-refractivity contribution is 8.80.